The average Bonchev–Trinajstić information content (AvgIpc) is 2.67. The van der Waals surface area contributed by atoms with Gasteiger partial charge in [-0.05, 0) is 32.9 Å². The molecule has 0 saturated heterocycles. The van der Waals surface area contributed by atoms with Crippen molar-refractivity contribution in [1.82, 2.24) is 4.98 Å². The predicted molar refractivity (Wildman–Crippen MR) is 73.9 cm³/mol. The third kappa shape index (κ3) is 2.91. The van der Waals surface area contributed by atoms with E-state index in [0.717, 1.165) is 27.0 Å². The second kappa shape index (κ2) is 5.10. The van der Waals surface area contributed by atoms with Crippen molar-refractivity contribution in [2.45, 2.75) is 20.8 Å². The molecule has 0 saturated carbocycles. The maximum atomic E-state index is 4.40. The maximum absolute atomic E-state index is 4.40. The molecule has 0 spiro atoms. The summed E-state index contributed by atoms with van der Waals surface area (Å²) in [4.78, 5) is 5.54. The number of thiazole rings is 1. The van der Waals surface area contributed by atoms with E-state index in [2.05, 4.69) is 15.5 Å². The van der Waals surface area contributed by atoms with Crippen LogP contribution in [0.3, 0.4) is 0 Å². The van der Waals surface area contributed by atoms with Crippen LogP contribution < -0.4 is 5.43 Å². The Hall–Kier alpha value is -1.68. The number of nitrogens with zero attached hydrogens (tertiary/aromatic N) is 2. The number of aromatic nitrogens is 1. The monoisotopic (exact) mass is 245 g/mol. The smallest absolute Gasteiger partial charge is 0.0904 e. The minimum Gasteiger partial charge on any atom is -0.278 e. The summed E-state index contributed by atoms with van der Waals surface area (Å²) in [6.07, 6.45) is 0. The van der Waals surface area contributed by atoms with Crippen molar-refractivity contribution in [3.8, 4) is 0 Å². The van der Waals surface area contributed by atoms with Gasteiger partial charge in [0, 0.05) is 0 Å². The third-order valence-electron chi connectivity index (χ3n) is 2.36. The molecule has 0 aliphatic heterocycles. The molecule has 1 aromatic heterocycles. The standard InChI is InChI=1S/C13H15N3S/c1-9-13(17-11(3)14-9)10(2)15-16-12-7-5-4-6-8-12/h4-8,16H,1-3H3/b15-10-. The summed E-state index contributed by atoms with van der Waals surface area (Å²) < 4.78 is 0. The van der Waals surface area contributed by atoms with Gasteiger partial charge in [-0.25, -0.2) is 4.98 Å². The SMILES string of the molecule is C/C(=N/Nc1ccccc1)c1sc(C)nc1C. The minimum atomic E-state index is 0.969. The van der Waals surface area contributed by atoms with Crippen LogP contribution >= 0.6 is 11.3 Å². The molecule has 1 aromatic carbocycles. The first-order valence-corrected chi connectivity index (χ1v) is 6.28. The van der Waals surface area contributed by atoms with Gasteiger partial charge in [-0.15, -0.1) is 11.3 Å². The Kier molecular flexibility index (Phi) is 3.54. The molecule has 0 unspecified atom stereocenters. The summed E-state index contributed by atoms with van der Waals surface area (Å²) in [5.74, 6) is 0. The van der Waals surface area contributed by atoms with Crippen molar-refractivity contribution in [2.75, 3.05) is 5.43 Å². The molecule has 88 valence electrons. The maximum Gasteiger partial charge on any atom is 0.0904 e. The molecular weight excluding hydrogens is 230 g/mol. The molecular formula is C13H15N3S. The minimum absolute atomic E-state index is 0.969. The van der Waals surface area contributed by atoms with Gasteiger partial charge in [0.25, 0.3) is 0 Å². The Morgan fingerprint density at radius 1 is 1.24 bits per heavy atom. The van der Waals surface area contributed by atoms with Crippen molar-refractivity contribution >= 4 is 22.7 Å². The van der Waals surface area contributed by atoms with E-state index in [-0.39, 0.29) is 0 Å². The fourth-order valence-electron chi connectivity index (χ4n) is 1.58. The number of para-hydroxylation sites is 1. The molecule has 0 amide bonds. The van der Waals surface area contributed by atoms with Crippen LogP contribution in [0.1, 0.15) is 22.5 Å². The molecule has 17 heavy (non-hydrogen) atoms. The highest BCUT2D eigenvalue weighted by Crippen LogP contribution is 2.18. The summed E-state index contributed by atoms with van der Waals surface area (Å²) in [6, 6.07) is 9.92. The fourth-order valence-corrected chi connectivity index (χ4v) is 2.44. The van der Waals surface area contributed by atoms with Crippen LogP contribution in [0.5, 0.6) is 0 Å². The number of hydrogen-bond acceptors (Lipinski definition) is 4. The molecule has 0 bridgehead atoms. The van der Waals surface area contributed by atoms with Gasteiger partial charge in [-0.2, -0.15) is 5.10 Å². The Bertz CT molecular complexity index is 529. The highest BCUT2D eigenvalue weighted by atomic mass is 32.1. The van der Waals surface area contributed by atoms with Crippen molar-refractivity contribution in [3.63, 3.8) is 0 Å². The van der Waals surface area contributed by atoms with Gasteiger partial charge < -0.3 is 0 Å². The Labute approximate surface area is 105 Å². The van der Waals surface area contributed by atoms with E-state index in [0.29, 0.717) is 0 Å². The molecule has 3 nitrogen and oxygen atoms in total. The van der Waals surface area contributed by atoms with E-state index < -0.39 is 0 Å². The summed E-state index contributed by atoms with van der Waals surface area (Å²) in [7, 11) is 0. The Morgan fingerprint density at radius 2 is 1.94 bits per heavy atom. The number of hydrogen-bond donors (Lipinski definition) is 1. The van der Waals surface area contributed by atoms with Crippen molar-refractivity contribution in [3.05, 3.63) is 45.9 Å². The predicted octanol–water partition coefficient (Wildman–Crippen LogP) is 3.60. The molecule has 1 heterocycles. The summed E-state index contributed by atoms with van der Waals surface area (Å²) in [6.45, 7) is 6.02. The lowest BCUT2D eigenvalue weighted by atomic mass is 10.3. The molecule has 1 N–H and O–H groups in total. The number of aryl methyl sites for hydroxylation is 2. The van der Waals surface area contributed by atoms with Crippen molar-refractivity contribution in [2.24, 2.45) is 5.10 Å². The van der Waals surface area contributed by atoms with Crippen LogP contribution in [0.2, 0.25) is 0 Å². The van der Waals surface area contributed by atoms with E-state index in [1.165, 1.54) is 0 Å². The van der Waals surface area contributed by atoms with E-state index >= 15 is 0 Å². The number of hydrazone groups is 1. The van der Waals surface area contributed by atoms with Crippen molar-refractivity contribution < 1.29 is 0 Å². The number of nitrogens with one attached hydrogen (secondary N) is 1. The lowest BCUT2D eigenvalue weighted by molar-refractivity contribution is 1.19. The highest BCUT2D eigenvalue weighted by molar-refractivity contribution is 7.13. The van der Waals surface area contributed by atoms with Gasteiger partial charge in [-0.3, -0.25) is 5.43 Å². The molecule has 0 aliphatic carbocycles. The van der Waals surface area contributed by atoms with E-state index in [4.69, 9.17) is 0 Å². The van der Waals surface area contributed by atoms with Gasteiger partial charge >= 0.3 is 0 Å². The molecule has 2 rings (SSSR count). The second-order valence-corrected chi connectivity index (χ2v) is 5.03. The topological polar surface area (TPSA) is 37.3 Å². The van der Waals surface area contributed by atoms with Crippen LogP contribution in [-0.4, -0.2) is 10.7 Å². The Morgan fingerprint density at radius 3 is 2.53 bits per heavy atom. The zero-order chi connectivity index (χ0) is 12.3. The van der Waals surface area contributed by atoms with Crippen molar-refractivity contribution in [1.29, 1.82) is 0 Å². The third-order valence-corrected chi connectivity index (χ3v) is 3.54. The normalized spacial score (nSPS) is 11.6. The number of anilines is 1. The zero-order valence-corrected chi connectivity index (χ0v) is 11.0. The molecule has 0 atom stereocenters. The van der Waals surface area contributed by atoms with Crippen LogP contribution in [0.15, 0.2) is 35.4 Å². The first-order chi connectivity index (χ1) is 8.16. The summed E-state index contributed by atoms with van der Waals surface area (Å²) in [5.41, 5.74) is 6.05. The quantitative estimate of drug-likeness (QED) is 0.662. The van der Waals surface area contributed by atoms with E-state index in [1.54, 1.807) is 11.3 Å². The van der Waals surface area contributed by atoms with Gasteiger partial charge in [0.15, 0.2) is 0 Å². The van der Waals surface area contributed by atoms with Gasteiger partial charge in [0.1, 0.15) is 0 Å². The first kappa shape index (κ1) is 11.8. The van der Waals surface area contributed by atoms with Gasteiger partial charge in [0.2, 0.25) is 0 Å². The van der Waals surface area contributed by atoms with Gasteiger partial charge in [-0.1, -0.05) is 18.2 Å². The number of rotatable bonds is 3. The highest BCUT2D eigenvalue weighted by Gasteiger charge is 2.07. The second-order valence-electron chi connectivity index (χ2n) is 3.82. The lowest BCUT2D eigenvalue weighted by Gasteiger charge is -2.01. The van der Waals surface area contributed by atoms with Crippen LogP contribution in [0.25, 0.3) is 0 Å². The first-order valence-electron chi connectivity index (χ1n) is 5.46. The fraction of sp³-hybridized carbons (Fsp3) is 0.231. The molecule has 4 heteroatoms. The number of benzene rings is 1. The van der Waals surface area contributed by atoms with Crippen LogP contribution in [0, 0.1) is 13.8 Å². The zero-order valence-electron chi connectivity index (χ0n) is 10.2. The lowest BCUT2D eigenvalue weighted by Crippen LogP contribution is -1.99. The Balaban J connectivity index is 2.15. The van der Waals surface area contributed by atoms with Gasteiger partial charge in [0.05, 0.1) is 27.0 Å². The van der Waals surface area contributed by atoms with E-state index in [9.17, 15) is 0 Å². The summed E-state index contributed by atoms with van der Waals surface area (Å²) >= 11 is 1.68. The molecule has 2 aromatic rings. The van der Waals surface area contributed by atoms with Crippen LogP contribution in [0.4, 0.5) is 5.69 Å². The summed E-state index contributed by atoms with van der Waals surface area (Å²) in [5, 5.41) is 5.45. The van der Waals surface area contributed by atoms with E-state index in [1.807, 2.05) is 51.1 Å². The largest absolute Gasteiger partial charge is 0.278 e. The average molecular weight is 245 g/mol. The molecule has 0 radical (unpaired) electrons. The van der Waals surface area contributed by atoms with Crippen LogP contribution in [-0.2, 0) is 0 Å². The molecule has 0 fully saturated rings. The molecule has 0 aliphatic rings.